The molecular weight excluding hydrogens is 331 g/mol. The Hall–Kier alpha value is 0.0195. The Morgan fingerprint density at radius 1 is 1.50 bits per heavy atom. The van der Waals surface area contributed by atoms with E-state index in [1.54, 1.807) is 0 Å². The van der Waals surface area contributed by atoms with Crippen LogP contribution in [0.3, 0.4) is 0 Å². The van der Waals surface area contributed by atoms with Crippen molar-refractivity contribution in [2.45, 2.75) is 31.5 Å². The van der Waals surface area contributed by atoms with E-state index in [0.29, 0.717) is 25.7 Å². The predicted molar refractivity (Wildman–Crippen MR) is 73.7 cm³/mol. The van der Waals surface area contributed by atoms with E-state index in [-0.39, 0.29) is 0 Å². The van der Waals surface area contributed by atoms with Gasteiger partial charge in [0, 0.05) is 0 Å². The van der Waals surface area contributed by atoms with Gasteiger partial charge in [-0.15, -0.1) is 0 Å². The normalized spacial score (nSPS) is 19.4. The van der Waals surface area contributed by atoms with Gasteiger partial charge < -0.3 is 0 Å². The fraction of sp³-hybridized carbons (Fsp3) is 0.538. The number of rotatable bonds is 2. The molecule has 1 heterocycles. The van der Waals surface area contributed by atoms with Gasteiger partial charge in [-0.2, -0.15) is 0 Å². The third-order valence-corrected chi connectivity index (χ3v) is 7.29. The SMILES string of the molecule is Cc1ccc(C(C)C)c2c1OCC(CBr)[Se]2. The third-order valence-electron chi connectivity index (χ3n) is 2.83. The summed E-state index contributed by atoms with van der Waals surface area (Å²) in [7, 11) is 0. The van der Waals surface area contributed by atoms with Crippen molar-refractivity contribution in [1.82, 2.24) is 0 Å². The van der Waals surface area contributed by atoms with Crippen molar-refractivity contribution in [2.24, 2.45) is 0 Å². The van der Waals surface area contributed by atoms with Gasteiger partial charge in [-0.3, -0.25) is 0 Å². The molecule has 0 fully saturated rings. The average Bonchev–Trinajstić information content (AvgIpc) is 2.28. The van der Waals surface area contributed by atoms with E-state index in [1.807, 2.05) is 0 Å². The maximum absolute atomic E-state index is 5.93. The monoisotopic (exact) mass is 348 g/mol. The predicted octanol–water partition coefficient (Wildman–Crippen LogP) is 3.02. The number of hydrogen-bond acceptors (Lipinski definition) is 1. The van der Waals surface area contributed by atoms with Crippen molar-refractivity contribution in [2.75, 3.05) is 11.9 Å². The van der Waals surface area contributed by atoms with Crippen molar-refractivity contribution in [1.29, 1.82) is 0 Å². The molecule has 0 spiro atoms. The van der Waals surface area contributed by atoms with Crippen LogP contribution >= 0.6 is 15.9 Å². The zero-order chi connectivity index (χ0) is 11.7. The quantitative estimate of drug-likeness (QED) is 0.590. The van der Waals surface area contributed by atoms with Gasteiger partial charge in [-0.1, -0.05) is 0 Å². The Morgan fingerprint density at radius 2 is 2.25 bits per heavy atom. The summed E-state index contributed by atoms with van der Waals surface area (Å²) in [5.74, 6) is 1.76. The summed E-state index contributed by atoms with van der Waals surface area (Å²) in [5, 5.41) is 1.05. The molecule has 1 unspecified atom stereocenters. The number of benzene rings is 1. The van der Waals surface area contributed by atoms with Crippen LogP contribution in [0.5, 0.6) is 5.75 Å². The standard InChI is InChI=1S/C13H17BrOSe/c1-8(2)11-5-4-9(3)12-13(11)16-10(6-14)7-15-12/h4-5,8,10H,6-7H2,1-3H3. The van der Waals surface area contributed by atoms with Crippen LogP contribution in [0, 0.1) is 6.92 Å². The first-order valence-electron chi connectivity index (χ1n) is 5.62. The van der Waals surface area contributed by atoms with Crippen LogP contribution in [0.15, 0.2) is 12.1 Å². The number of halogens is 1. The van der Waals surface area contributed by atoms with Gasteiger partial charge in [0.25, 0.3) is 0 Å². The number of fused-ring (bicyclic) bond motifs is 1. The van der Waals surface area contributed by atoms with Crippen LogP contribution in [0.25, 0.3) is 0 Å². The molecule has 0 aliphatic carbocycles. The first kappa shape index (κ1) is 12.5. The molecule has 0 radical (unpaired) electrons. The Balaban J connectivity index is 2.45. The van der Waals surface area contributed by atoms with Gasteiger partial charge in [0.1, 0.15) is 0 Å². The van der Waals surface area contributed by atoms with Gasteiger partial charge in [-0.05, 0) is 0 Å². The summed E-state index contributed by atoms with van der Waals surface area (Å²) in [4.78, 5) is 0.680. The molecule has 1 aromatic rings. The first-order chi connectivity index (χ1) is 7.63. The van der Waals surface area contributed by atoms with E-state index >= 15 is 0 Å². The molecule has 88 valence electrons. The second-order valence-electron chi connectivity index (χ2n) is 4.49. The molecule has 1 aliphatic heterocycles. The van der Waals surface area contributed by atoms with Crippen molar-refractivity contribution >= 4 is 35.3 Å². The number of ether oxygens (including phenoxy) is 1. The van der Waals surface area contributed by atoms with Crippen molar-refractivity contribution < 1.29 is 4.74 Å². The molecule has 3 heteroatoms. The Kier molecular flexibility index (Phi) is 3.99. The molecule has 1 nitrogen and oxygen atoms in total. The van der Waals surface area contributed by atoms with E-state index in [9.17, 15) is 0 Å². The zero-order valence-electron chi connectivity index (χ0n) is 9.92. The second-order valence-corrected chi connectivity index (χ2v) is 7.89. The van der Waals surface area contributed by atoms with Crippen LogP contribution in [0.4, 0.5) is 0 Å². The number of hydrogen-bond donors (Lipinski definition) is 0. The molecule has 1 aromatic carbocycles. The van der Waals surface area contributed by atoms with Gasteiger partial charge in [0.2, 0.25) is 0 Å². The minimum atomic E-state index is 0.544. The van der Waals surface area contributed by atoms with Crippen molar-refractivity contribution in [3.05, 3.63) is 23.3 Å². The summed E-state index contributed by atoms with van der Waals surface area (Å²) in [6.45, 7) is 7.55. The fourth-order valence-corrected chi connectivity index (χ4v) is 5.48. The second kappa shape index (κ2) is 5.12. The summed E-state index contributed by atoms with van der Waals surface area (Å²) >= 11 is 4.12. The van der Waals surface area contributed by atoms with Crippen LogP contribution in [0.2, 0.25) is 4.82 Å². The molecule has 0 bridgehead atoms. The zero-order valence-corrected chi connectivity index (χ0v) is 13.2. The van der Waals surface area contributed by atoms with Crippen LogP contribution in [-0.2, 0) is 0 Å². The van der Waals surface area contributed by atoms with Crippen molar-refractivity contribution in [3.8, 4) is 5.75 Å². The third kappa shape index (κ3) is 2.32. The topological polar surface area (TPSA) is 9.23 Å². The molecule has 0 saturated carbocycles. The molecule has 0 aromatic heterocycles. The summed E-state index contributed by atoms with van der Waals surface area (Å²) in [5.41, 5.74) is 2.76. The molecule has 2 rings (SSSR count). The van der Waals surface area contributed by atoms with Gasteiger partial charge >= 0.3 is 113 Å². The number of aryl methyl sites for hydroxylation is 1. The molecule has 0 N–H and O–H groups in total. The Morgan fingerprint density at radius 3 is 2.88 bits per heavy atom. The molecule has 16 heavy (non-hydrogen) atoms. The van der Waals surface area contributed by atoms with Crippen molar-refractivity contribution in [3.63, 3.8) is 0 Å². The molecule has 0 saturated heterocycles. The molecule has 1 atom stereocenters. The molecule has 1 aliphatic rings. The van der Waals surface area contributed by atoms with E-state index in [1.165, 1.54) is 21.3 Å². The van der Waals surface area contributed by atoms with Gasteiger partial charge in [0.05, 0.1) is 0 Å². The summed E-state index contributed by atoms with van der Waals surface area (Å²) in [6.07, 6.45) is 0. The fourth-order valence-electron chi connectivity index (χ4n) is 1.88. The minimum absolute atomic E-state index is 0.544. The van der Waals surface area contributed by atoms with Gasteiger partial charge in [-0.25, -0.2) is 0 Å². The van der Waals surface area contributed by atoms with E-state index < -0.39 is 0 Å². The maximum atomic E-state index is 5.93. The van der Waals surface area contributed by atoms with Crippen LogP contribution in [-0.4, -0.2) is 26.9 Å². The van der Waals surface area contributed by atoms with E-state index in [0.717, 1.165) is 11.9 Å². The first-order valence-corrected chi connectivity index (χ1v) is 8.59. The Bertz CT molecular complexity index is 390. The summed E-state index contributed by atoms with van der Waals surface area (Å²) in [6, 6.07) is 4.47. The van der Waals surface area contributed by atoms with Crippen LogP contribution in [0.1, 0.15) is 30.9 Å². The molecule has 0 amide bonds. The van der Waals surface area contributed by atoms with E-state index in [4.69, 9.17) is 4.74 Å². The Labute approximate surface area is 112 Å². The average molecular weight is 348 g/mol. The number of alkyl halides is 1. The van der Waals surface area contributed by atoms with Crippen LogP contribution < -0.4 is 9.20 Å². The van der Waals surface area contributed by atoms with Gasteiger partial charge in [0.15, 0.2) is 0 Å². The van der Waals surface area contributed by atoms with E-state index in [2.05, 4.69) is 48.8 Å². The molecular formula is C13H17BrOSe. The summed E-state index contributed by atoms with van der Waals surface area (Å²) < 4.78 is 7.43.